The first-order valence-electron chi connectivity index (χ1n) is 8.26. The van der Waals surface area contributed by atoms with Crippen molar-refractivity contribution < 1.29 is 48.5 Å². The second-order valence-corrected chi connectivity index (χ2v) is 5.41. The fourth-order valence-electron chi connectivity index (χ4n) is 2.00. The van der Waals surface area contributed by atoms with Crippen molar-refractivity contribution in [2.45, 2.75) is 13.8 Å². The Labute approximate surface area is 182 Å². The van der Waals surface area contributed by atoms with E-state index in [2.05, 4.69) is 19.4 Å². The van der Waals surface area contributed by atoms with Crippen LogP contribution >= 0.6 is 0 Å². The Morgan fingerprint density at radius 3 is 1.50 bits per heavy atom. The van der Waals surface area contributed by atoms with Gasteiger partial charge in [0.1, 0.15) is 13.6 Å². The number of carbonyl (C=O) groups excluding carboxylic acids is 4. The predicted octanol–water partition coefficient (Wildman–Crippen LogP) is 1.38. The number of rotatable bonds is 4. The molecule has 0 saturated carbocycles. The molecule has 2 aromatic rings. The van der Waals surface area contributed by atoms with Crippen molar-refractivity contribution in [3.05, 3.63) is 58.2 Å². The highest BCUT2D eigenvalue weighted by Crippen LogP contribution is 2.11. The minimum Gasteiger partial charge on any atom is -0.478 e. The van der Waals surface area contributed by atoms with Gasteiger partial charge in [0.25, 0.3) is 0 Å². The summed E-state index contributed by atoms with van der Waals surface area (Å²) in [7, 11) is 2.47. The quantitative estimate of drug-likeness (QED) is 0.638. The largest absolute Gasteiger partial charge is 0.478 e. The van der Waals surface area contributed by atoms with Crippen LogP contribution in [0.5, 0.6) is 0 Å². The second-order valence-electron chi connectivity index (χ2n) is 5.41. The van der Waals surface area contributed by atoms with E-state index in [4.69, 9.17) is 19.8 Å². The zero-order valence-corrected chi connectivity index (χ0v) is 17.8. The second kappa shape index (κ2) is 15.4. The van der Waals surface area contributed by atoms with Crippen molar-refractivity contribution >= 4 is 37.5 Å². The topological polar surface area (TPSA) is 187 Å². The van der Waals surface area contributed by atoms with E-state index in [1.54, 1.807) is 13.8 Å². The van der Waals surface area contributed by atoms with E-state index >= 15 is 0 Å². The molecule has 0 aromatic carbocycles. The first-order chi connectivity index (χ1) is 15.1. The maximum atomic E-state index is 11.3. The molecule has 0 amide bonds. The Hall–Kier alpha value is -4.48. The minimum atomic E-state index is -1.34. The molecule has 0 radical (unpaired) electrons. The Bertz CT molecular complexity index is 957. The molecule has 0 aliphatic heterocycles. The van der Waals surface area contributed by atoms with Gasteiger partial charge in [0.2, 0.25) is 0 Å². The van der Waals surface area contributed by atoms with Gasteiger partial charge in [0.05, 0.1) is 25.3 Å². The van der Waals surface area contributed by atoms with Crippen LogP contribution in [0.4, 0.5) is 0 Å². The fraction of sp³-hybridized carbons (Fsp3) is 0.200. The molecule has 172 valence electrons. The van der Waals surface area contributed by atoms with E-state index in [-0.39, 0.29) is 16.8 Å². The zero-order valence-electron chi connectivity index (χ0n) is 17.8. The zero-order chi connectivity index (χ0) is 25.4. The highest BCUT2D eigenvalue weighted by atomic mass is 16.5. The first-order valence-corrected chi connectivity index (χ1v) is 8.26. The SMILES string of the molecule is C=O.C=O.COC(=O)c1cc(C)cnc1C(=O)OC.Cc1cnc(C(=O)O)c(C(=O)O)c1. The maximum Gasteiger partial charge on any atom is 0.357 e. The third kappa shape index (κ3) is 8.90. The molecule has 0 aliphatic rings. The number of hydrogen-bond donors (Lipinski definition) is 2. The number of pyridine rings is 2. The summed E-state index contributed by atoms with van der Waals surface area (Å²) >= 11 is 0. The van der Waals surface area contributed by atoms with Gasteiger partial charge in [0, 0.05) is 12.4 Å². The predicted molar refractivity (Wildman–Crippen MR) is 109 cm³/mol. The molecule has 2 rings (SSSR count). The third-order valence-electron chi connectivity index (χ3n) is 3.27. The normalized spacial score (nSPS) is 8.62. The summed E-state index contributed by atoms with van der Waals surface area (Å²) in [5.74, 6) is -3.88. The molecule has 12 nitrogen and oxygen atoms in total. The van der Waals surface area contributed by atoms with Gasteiger partial charge >= 0.3 is 23.9 Å². The Kier molecular flexibility index (Phi) is 14.3. The van der Waals surface area contributed by atoms with Crippen LogP contribution in [0.1, 0.15) is 52.8 Å². The molecule has 2 N–H and O–H groups in total. The average Bonchev–Trinajstić information content (AvgIpc) is 2.80. The van der Waals surface area contributed by atoms with Crippen LogP contribution in [0.3, 0.4) is 0 Å². The van der Waals surface area contributed by atoms with E-state index in [1.165, 1.54) is 38.7 Å². The molecule has 2 aromatic heterocycles. The lowest BCUT2D eigenvalue weighted by Crippen LogP contribution is -2.14. The molecular weight excluding hydrogens is 428 g/mol. The molecule has 0 aliphatic carbocycles. The number of carbonyl (C=O) groups is 6. The van der Waals surface area contributed by atoms with E-state index in [9.17, 15) is 19.2 Å². The van der Waals surface area contributed by atoms with Gasteiger partial charge < -0.3 is 29.3 Å². The average molecular weight is 450 g/mol. The number of aromatic nitrogens is 2. The van der Waals surface area contributed by atoms with Gasteiger partial charge in [-0.1, -0.05) is 0 Å². The van der Waals surface area contributed by atoms with Crippen LogP contribution in [0.15, 0.2) is 24.5 Å². The maximum absolute atomic E-state index is 11.3. The molecule has 0 fully saturated rings. The summed E-state index contributed by atoms with van der Waals surface area (Å²) in [6, 6.07) is 2.81. The van der Waals surface area contributed by atoms with Crippen LogP contribution in [0.25, 0.3) is 0 Å². The highest BCUT2D eigenvalue weighted by Gasteiger charge is 2.20. The van der Waals surface area contributed by atoms with E-state index in [1.807, 2.05) is 13.6 Å². The molecule has 0 spiro atoms. The smallest absolute Gasteiger partial charge is 0.357 e. The van der Waals surface area contributed by atoms with E-state index in [0.29, 0.717) is 5.56 Å². The number of aryl methyl sites for hydroxylation is 2. The number of aromatic carboxylic acids is 2. The van der Waals surface area contributed by atoms with Gasteiger partial charge in [-0.3, -0.25) is 0 Å². The first kappa shape index (κ1) is 29.7. The summed E-state index contributed by atoms with van der Waals surface area (Å²) in [6.45, 7) is 7.41. The standard InChI is InChI=1S/C10H11NO4.C8H7NO4.2CH2O/c1-6-4-7(9(12)14-2)8(11-5-6)10(13)15-3;1-4-2-5(7(10)11)6(8(12)13)9-3-4;2*1-2/h4-5H,1-3H3;2-3H,1H3,(H,10,11)(H,12,13);2*1H2. The third-order valence-corrected chi connectivity index (χ3v) is 3.27. The summed E-state index contributed by atoms with van der Waals surface area (Å²) in [6.07, 6.45) is 2.80. The van der Waals surface area contributed by atoms with Crippen LogP contribution in [0, 0.1) is 13.8 Å². The van der Waals surface area contributed by atoms with Crippen molar-refractivity contribution in [3.63, 3.8) is 0 Å². The van der Waals surface area contributed by atoms with Gasteiger partial charge in [-0.25, -0.2) is 29.1 Å². The Morgan fingerprint density at radius 1 is 0.719 bits per heavy atom. The Balaban J connectivity index is 0. The van der Waals surface area contributed by atoms with Gasteiger partial charge in [-0.05, 0) is 37.1 Å². The van der Waals surface area contributed by atoms with Crippen LogP contribution < -0.4 is 0 Å². The molecule has 2 heterocycles. The molecule has 0 unspecified atom stereocenters. The van der Waals surface area contributed by atoms with Crippen molar-refractivity contribution in [1.29, 1.82) is 0 Å². The van der Waals surface area contributed by atoms with E-state index in [0.717, 1.165) is 5.56 Å². The highest BCUT2D eigenvalue weighted by molar-refractivity contribution is 6.02. The summed E-state index contributed by atoms with van der Waals surface area (Å²) in [5, 5.41) is 17.2. The Morgan fingerprint density at radius 2 is 1.12 bits per heavy atom. The molecule has 0 atom stereocenters. The van der Waals surface area contributed by atoms with Crippen molar-refractivity contribution in [2.24, 2.45) is 0 Å². The molecule has 0 saturated heterocycles. The fourth-order valence-corrected chi connectivity index (χ4v) is 2.00. The molecular formula is C20H22N2O10. The number of ether oxygens (including phenoxy) is 2. The minimum absolute atomic E-state index is 0.0325. The van der Waals surface area contributed by atoms with Crippen LogP contribution in [0.2, 0.25) is 0 Å². The van der Waals surface area contributed by atoms with Crippen molar-refractivity contribution in [1.82, 2.24) is 9.97 Å². The van der Waals surface area contributed by atoms with E-state index < -0.39 is 29.6 Å². The lowest BCUT2D eigenvalue weighted by Gasteiger charge is -2.05. The number of methoxy groups -OCH3 is 2. The summed E-state index contributed by atoms with van der Waals surface area (Å²) in [5.41, 5.74) is 0.746. The number of esters is 2. The number of carboxylic acid groups (broad SMARTS) is 2. The molecule has 32 heavy (non-hydrogen) atoms. The van der Waals surface area contributed by atoms with Crippen LogP contribution in [-0.2, 0) is 19.1 Å². The van der Waals surface area contributed by atoms with Gasteiger partial charge in [-0.2, -0.15) is 0 Å². The van der Waals surface area contributed by atoms with Gasteiger partial charge in [0.15, 0.2) is 11.4 Å². The molecule has 12 heteroatoms. The lowest BCUT2D eigenvalue weighted by atomic mass is 10.1. The van der Waals surface area contributed by atoms with Crippen molar-refractivity contribution in [3.8, 4) is 0 Å². The number of nitrogens with zero attached hydrogens (tertiary/aromatic N) is 2. The molecule has 0 bridgehead atoms. The summed E-state index contributed by atoms with van der Waals surface area (Å²) in [4.78, 5) is 67.1. The summed E-state index contributed by atoms with van der Waals surface area (Å²) < 4.78 is 9.04. The number of hydrogen-bond acceptors (Lipinski definition) is 10. The lowest BCUT2D eigenvalue weighted by molar-refractivity contribution is -0.0987. The van der Waals surface area contributed by atoms with Gasteiger partial charge in [-0.15, -0.1) is 0 Å². The van der Waals surface area contributed by atoms with Crippen LogP contribution in [-0.4, -0.2) is 71.9 Å². The number of carboxylic acids is 2. The van der Waals surface area contributed by atoms with Crippen molar-refractivity contribution in [2.75, 3.05) is 14.2 Å². The monoisotopic (exact) mass is 450 g/mol.